The molecule has 3 aromatic rings. The van der Waals surface area contributed by atoms with Gasteiger partial charge in [-0.05, 0) is 37.1 Å². The molecular weight excluding hydrogens is 302 g/mol. The third kappa shape index (κ3) is 3.31. The van der Waals surface area contributed by atoms with Crippen molar-refractivity contribution in [2.24, 2.45) is 0 Å². The molecule has 1 saturated heterocycles. The summed E-state index contributed by atoms with van der Waals surface area (Å²) in [5.74, 6) is 1.62. The minimum absolute atomic E-state index is 0.215. The zero-order valence-corrected chi connectivity index (χ0v) is 13.3. The van der Waals surface area contributed by atoms with Crippen molar-refractivity contribution in [1.82, 2.24) is 9.97 Å². The Balaban J connectivity index is 1.50. The van der Waals surface area contributed by atoms with Crippen molar-refractivity contribution in [1.29, 1.82) is 0 Å². The van der Waals surface area contributed by atoms with Crippen LogP contribution in [-0.2, 0) is 4.74 Å². The molecule has 1 N–H and O–H groups in total. The second kappa shape index (κ2) is 6.84. The molecule has 0 radical (unpaired) electrons. The molecule has 1 fully saturated rings. The molecule has 0 saturated carbocycles. The molecule has 5 nitrogen and oxygen atoms in total. The van der Waals surface area contributed by atoms with Gasteiger partial charge in [0.1, 0.15) is 24.5 Å². The van der Waals surface area contributed by atoms with Crippen LogP contribution in [0.5, 0.6) is 5.75 Å². The van der Waals surface area contributed by atoms with Gasteiger partial charge in [-0.15, -0.1) is 0 Å². The minimum atomic E-state index is 0.215. The van der Waals surface area contributed by atoms with E-state index in [1.165, 1.54) is 0 Å². The van der Waals surface area contributed by atoms with Gasteiger partial charge in [-0.1, -0.05) is 18.2 Å². The smallest absolute Gasteiger partial charge is 0.141 e. The van der Waals surface area contributed by atoms with Crippen molar-refractivity contribution in [3.8, 4) is 5.75 Å². The fourth-order valence-corrected chi connectivity index (χ4v) is 2.87. The van der Waals surface area contributed by atoms with Crippen LogP contribution in [0.3, 0.4) is 0 Å². The zero-order chi connectivity index (χ0) is 16.2. The molecule has 24 heavy (non-hydrogen) atoms. The first-order valence-electron chi connectivity index (χ1n) is 8.20. The van der Waals surface area contributed by atoms with Crippen molar-refractivity contribution in [2.45, 2.75) is 18.9 Å². The maximum atomic E-state index is 5.86. The number of benzene rings is 2. The fraction of sp³-hybridized carbons (Fsp3) is 0.263. The van der Waals surface area contributed by atoms with Gasteiger partial charge in [0.25, 0.3) is 0 Å². The molecule has 1 unspecified atom stereocenters. The lowest BCUT2D eigenvalue weighted by molar-refractivity contribution is 0.0680. The Morgan fingerprint density at radius 1 is 1.12 bits per heavy atom. The number of nitrogens with one attached hydrogen (secondary N) is 1. The van der Waals surface area contributed by atoms with Crippen LogP contribution in [0, 0.1) is 0 Å². The molecule has 1 atom stereocenters. The van der Waals surface area contributed by atoms with E-state index in [0.29, 0.717) is 6.61 Å². The Labute approximate surface area is 140 Å². The monoisotopic (exact) mass is 321 g/mol. The predicted octanol–water partition coefficient (Wildman–Crippen LogP) is 3.93. The molecule has 1 aliphatic rings. The van der Waals surface area contributed by atoms with Crippen LogP contribution >= 0.6 is 0 Å². The number of ether oxygens (including phenoxy) is 2. The second-order valence-corrected chi connectivity index (χ2v) is 5.84. The summed E-state index contributed by atoms with van der Waals surface area (Å²) < 4.78 is 11.4. The third-order valence-electron chi connectivity index (χ3n) is 4.10. The van der Waals surface area contributed by atoms with Crippen molar-refractivity contribution in [2.75, 3.05) is 18.5 Å². The number of aromatic nitrogens is 2. The lowest BCUT2D eigenvalue weighted by Gasteiger charge is -2.13. The fourth-order valence-electron chi connectivity index (χ4n) is 2.87. The quantitative estimate of drug-likeness (QED) is 0.771. The summed E-state index contributed by atoms with van der Waals surface area (Å²) in [5, 5.41) is 4.34. The van der Waals surface area contributed by atoms with E-state index >= 15 is 0 Å². The summed E-state index contributed by atoms with van der Waals surface area (Å²) in [7, 11) is 0. The zero-order valence-electron chi connectivity index (χ0n) is 13.3. The van der Waals surface area contributed by atoms with Crippen molar-refractivity contribution < 1.29 is 9.47 Å². The molecule has 0 spiro atoms. The molecule has 2 aromatic carbocycles. The Morgan fingerprint density at radius 3 is 3.00 bits per heavy atom. The Hall–Kier alpha value is -2.66. The number of rotatable bonds is 5. The van der Waals surface area contributed by atoms with Crippen LogP contribution in [0.2, 0.25) is 0 Å². The molecule has 122 valence electrons. The lowest BCUT2D eigenvalue weighted by atomic mass is 10.2. The van der Waals surface area contributed by atoms with Gasteiger partial charge in [0.2, 0.25) is 0 Å². The van der Waals surface area contributed by atoms with Gasteiger partial charge in [0, 0.05) is 23.7 Å². The van der Waals surface area contributed by atoms with Crippen LogP contribution < -0.4 is 10.1 Å². The van der Waals surface area contributed by atoms with Gasteiger partial charge >= 0.3 is 0 Å². The van der Waals surface area contributed by atoms with E-state index in [-0.39, 0.29) is 6.10 Å². The molecular formula is C19H19N3O2. The van der Waals surface area contributed by atoms with Crippen molar-refractivity contribution >= 4 is 22.4 Å². The highest BCUT2D eigenvalue weighted by molar-refractivity contribution is 5.90. The van der Waals surface area contributed by atoms with Crippen LogP contribution in [0.25, 0.3) is 10.9 Å². The first-order chi connectivity index (χ1) is 11.9. The van der Waals surface area contributed by atoms with Crippen molar-refractivity contribution in [3.05, 3.63) is 54.9 Å². The highest BCUT2D eigenvalue weighted by Crippen LogP contribution is 2.25. The third-order valence-corrected chi connectivity index (χ3v) is 4.10. The van der Waals surface area contributed by atoms with Crippen LogP contribution in [0.1, 0.15) is 12.8 Å². The maximum Gasteiger partial charge on any atom is 0.141 e. The first-order valence-corrected chi connectivity index (χ1v) is 8.20. The Kier molecular flexibility index (Phi) is 4.25. The predicted molar refractivity (Wildman–Crippen MR) is 93.7 cm³/mol. The Bertz CT molecular complexity index is 826. The molecule has 5 heteroatoms. The van der Waals surface area contributed by atoms with E-state index < -0.39 is 0 Å². The molecule has 1 aliphatic heterocycles. The number of fused-ring (bicyclic) bond motifs is 1. The topological polar surface area (TPSA) is 56.3 Å². The van der Waals surface area contributed by atoms with E-state index in [4.69, 9.17) is 9.47 Å². The molecule has 1 aromatic heterocycles. The standard InChI is InChI=1S/C19H19N3O2/c1-2-9-18-17(8-1)19(21-13-20-18)22-14-5-3-6-15(11-14)24-12-16-7-4-10-23-16/h1-3,5-6,8-9,11,13,16H,4,7,10,12H2,(H,20,21,22). The molecule has 4 rings (SSSR count). The summed E-state index contributed by atoms with van der Waals surface area (Å²) in [6, 6.07) is 15.8. The van der Waals surface area contributed by atoms with Gasteiger partial charge < -0.3 is 14.8 Å². The first kappa shape index (κ1) is 14.9. The number of hydrogen-bond donors (Lipinski definition) is 1. The van der Waals surface area contributed by atoms with Crippen LogP contribution in [0.4, 0.5) is 11.5 Å². The number of para-hydroxylation sites is 1. The molecule has 2 heterocycles. The SMILES string of the molecule is c1cc(Nc2ncnc3ccccc23)cc(OCC2CCCO2)c1. The summed E-state index contributed by atoms with van der Waals surface area (Å²) >= 11 is 0. The summed E-state index contributed by atoms with van der Waals surface area (Å²) in [6.45, 7) is 1.44. The van der Waals surface area contributed by atoms with Crippen molar-refractivity contribution in [3.63, 3.8) is 0 Å². The largest absolute Gasteiger partial charge is 0.491 e. The molecule has 0 aliphatic carbocycles. The highest BCUT2D eigenvalue weighted by Gasteiger charge is 2.16. The maximum absolute atomic E-state index is 5.86. The van der Waals surface area contributed by atoms with Gasteiger partial charge in [0.15, 0.2) is 0 Å². The minimum Gasteiger partial charge on any atom is -0.491 e. The lowest BCUT2D eigenvalue weighted by Crippen LogP contribution is -2.16. The van der Waals surface area contributed by atoms with E-state index in [2.05, 4.69) is 15.3 Å². The van der Waals surface area contributed by atoms with E-state index in [0.717, 1.165) is 47.6 Å². The van der Waals surface area contributed by atoms with Crippen LogP contribution in [-0.4, -0.2) is 29.3 Å². The van der Waals surface area contributed by atoms with Crippen LogP contribution in [0.15, 0.2) is 54.9 Å². The molecule has 0 amide bonds. The van der Waals surface area contributed by atoms with Gasteiger partial charge in [-0.3, -0.25) is 0 Å². The van der Waals surface area contributed by atoms with Gasteiger partial charge in [-0.25, -0.2) is 9.97 Å². The van der Waals surface area contributed by atoms with E-state index in [1.54, 1.807) is 6.33 Å². The summed E-state index contributed by atoms with van der Waals surface area (Å²) in [4.78, 5) is 8.64. The molecule has 0 bridgehead atoms. The number of anilines is 2. The normalized spacial score (nSPS) is 17.1. The average molecular weight is 321 g/mol. The number of hydrogen-bond acceptors (Lipinski definition) is 5. The van der Waals surface area contributed by atoms with E-state index in [9.17, 15) is 0 Å². The Morgan fingerprint density at radius 2 is 2.08 bits per heavy atom. The average Bonchev–Trinajstić information content (AvgIpc) is 3.14. The summed E-state index contributed by atoms with van der Waals surface area (Å²) in [6.07, 6.45) is 3.98. The summed E-state index contributed by atoms with van der Waals surface area (Å²) in [5.41, 5.74) is 1.85. The number of nitrogens with zero attached hydrogens (tertiary/aromatic N) is 2. The van der Waals surface area contributed by atoms with E-state index in [1.807, 2.05) is 48.5 Å². The highest BCUT2D eigenvalue weighted by atomic mass is 16.5. The van der Waals surface area contributed by atoms with Gasteiger partial charge in [0.05, 0.1) is 11.6 Å². The van der Waals surface area contributed by atoms with Gasteiger partial charge in [-0.2, -0.15) is 0 Å². The second-order valence-electron chi connectivity index (χ2n) is 5.84.